The van der Waals surface area contributed by atoms with Gasteiger partial charge in [0.05, 0.1) is 0 Å². The molecule has 0 radical (unpaired) electrons. The van der Waals surface area contributed by atoms with Crippen LogP contribution in [0.5, 0.6) is 0 Å². The molecule has 22 heavy (non-hydrogen) atoms. The minimum Gasteiger partial charge on any atom is -0.338 e. The van der Waals surface area contributed by atoms with Gasteiger partial charge >= 0.3 is 0 Å². The summed E-state index contributed by atoms with van der Waals surface area (Å²) in [6.07, 6.45) is 6.92. The lowest BCUT2D eigenvalue weighted by Gasteiger charge is -2.33. The second kappa shape index (κ2) is 7.77. The summed E-state index contributed by atoms with van der Waals surface area (Å²) >= 11 is 0. The number of benzene rings is 1. The Balaban J connectivity index is 1.55. The Labute approximate surface area is 134 Å². The van der Waals surface area contributed by atoms with Crippen molar-refractivity contribution in [3.63, 3.8) is 0 Å². The maximum absolute atomic E-state index is 12.7. The number of nitrogens with zero attached hydrogens (tertiary/aromatic N) is 1. The molecule has 2 fully saturated rings. The highest BCUT2D eigenvalue weighted by molar-refractivity contribution is 5.76. The summed E-state index contributed by atoms with van der Waals surface area (Å²) in [4.78, 5) is 14.8. The van der Waals surface area contributed by atoms with E-state index in [0.29, 0.717) is 18.2 Å². The lowest BCUT2D eigenvalue weighted by Crippen LogP contribution is -2.37. The third-order valence-electron chi connectivity index (χ3n) is 5.20. The molecule has 1 aliphatic heterocycles. The number of carbonyl (C=O) groups is 1. The smallest absolute Gasteiger partial charge is 0.222 e. The molecule has 1 aliphatic carbocycles. The van der Waals surface area contributed by atoms with Gasteiger partial charge in [0.15, 0.2) is 0 Å². The highest BCUT2D eigenvalue weighted by Gasteiger charge is 2.24. The fourth-order valence-electron chi connectivity index (χ4n) is 3.49. The molecule has 1 saturated heterocycles. The molecule has 1 aromatic carbocycles. The summed E-state index contributed by atoms with van der Waals surface area (Å²) in [7, 11) is 0. The number of hydrogen-bond donors (Lipinski definition) is 1. The molecule has 1 atom stereocenters. The first-order valence-corrected chi connectivity index (χ1v) is 8.83. The van der Waals surface area contributed by atoms with E-state index in [4.69, 9.17) is 0 Å². The molecule has 0 aromatic heterocycles. The fourth-order valence-corrected chi connectivity index (χ4v) is 3.49. The SMILES string of the molecule is O=C(CCC1CCNC1)N(Cc1ccccc1)CC1CCC1. The molecular weight excluding hydrogens is 272 g/mol. The van der Waals surface area contributed by atoms with Crippen LogP contribution in [0, 0.1) is 11.8 Å². The van der Waals surface area contributed by atoms with Gasteiger partial charge in [-0.1, -0.05) is 36.8 Å². The first-order chi connectivity index (χ1) is 10.8. The van der Waals surface area contributed by atoms with E-state index in [0.717, 1.165) is 38.5 Å². The summed E-state index contributed by atoms with van der Waals surface area (Å²) in [5.74, 6) is 1.79. The van der Waals surface area contributed by atoms with Crippen molar-refractivity contribution in [2.75, 3.05) is 19.6 Å². The van der Waals surface area contributed by atoms with Crippen LogP contribution in [-0.4, -0.2) is 30.4 Å². The molecule has 1 saturated carbocycles. The Bertz CT molecular complexity index is 464. The Morgan fingerprint density at radius 2 is 1.95 bits per heavy atom. The second-order valence-corrected chi connectivity index (χ2v) is 6.95. The number of carbonyl (C=O) groups excluding carboxylic acids is 1. The van der Waals surface area contributed by atoms with E-state index in [2.05, 4.69) is 34.5 Å². The van der Waals surface area contributed by atoms with Crippen molar-refractivity contribution in [1.29, 1.82) is 0 Å². The zero-order valence-electron chi connectivity index (χ0n) is 13.5. The molecule has 1 amide bonds. The van der Waals surface area contributed by atoms with Crippen molar-refractivity contribution in [3.8, 4) is 0 Å². The van der Waals surface area contributed by atoms with Crippen LogP contribution in [0.2, 0.25) is 0 Å². The van der Waals surface area contributed by atoms with Gasteiger partial charge in [-0.3, -0.25) is 4.79 Å². The van der Waals surface area contributed by atoms with Crippen LogP contribution >= 0.6 is 0 Å². The maximum atomic E-state index is 12.7. The lowest BCUT2D eigenvalue weighted by molar-refractivity contribution is -0.133. The molecule has 2 aliphatic rings. The summed E-state index contributed by atoms with van der Waals surface area (Å²) in [6, 6.07) is 10.4. The molecule has 120 valence electrons. The lowest BCUT2D eigenvalue weighted by atomic mass is 9.85. The highest BCUT2D eigenvalue weighted by Crippen LogP contribution is 2.28. The van der Waals surface area contributed by atoms with Gasteiger partial charge in [0.2, 0.25) is 5.91 Å². The predicted octanol–water partition coefficient (Wildman–Crippen LogP) is 3.21. The second-order valence-electron chi connectivity index (χ2n) is 6.95. The van der Waals surface area contributed by atoms with Gasteiger partial charge in [-0.2, -0.15) is 0 Å². The third kappa shape index (κ3) is 4.33. The Morgan fingerprint density at radius 3 is 2.59 bits per heavy atom. The summed E-state index contributed by atoms with van der Waals surface area (Å²) < 4.78 is 0. The van der Waals surface area contributed by atoms with Crippen molar-refractivity contribution >= 4 is 5.91 Å². The van der Waals surface area contributed by atoms with Crippen LogP contribution in [0.3, 0.4) is 0 Å². The number of hydrogen-bond acceptors (Lipinski definition) is 2. The zero-order valence-corrected chi connectivity index (χ0v) is 13.5. The maximum Gasteiger partial charge on any atom is 0.222 e. The minimum absolute atomic E-state index is 0.350. The molecule has 1 unspecified atom stereocenters. The van der Waals surface area contributed by atoms with E-state index in [-0.39, 0.29) is 0 Å². The van der Waals surface area contributed by atoms with E-state index in [1.54, 1.807) is 0 Å². The standard InChI is InChI=1S/C19H28N2O/c22-19(10-9-16-11-12-20-13-16)21(15-18-7-4-8-18)14-17-5-2-1-3-6-17/h1-3,5-6,16,18,20H,4,7-15H2. The molecule has 3 nitrogen and oxygen atoms in total. The van der Waals surface area contributed by atoms with E-state index >= 15 is 0 Å². The molecule has 0 spiro atoms. The van der Waals surface area contributed by atoms with E-state index < -0.39 is 0 Å². The van der Waals surface area contributed by atoms with Crippen LogP contribution < -0.4 is 5.32 Å². The van der Waals surface area contributed by atoms with Gasteiger partial charge in [0.25, 0.3) is 0 Å². The van der Waals surface area contributed by atoms with Gasteiger partial charge < -0.3 is 10.2 Å². The van der Waals surface area contributed by atoms with E-state index in [1.807, 2.05) is 6.07 Å². The van der Waals surface area contributed by atoms with Crippen LogP contribution in [0.15, 0.2) is 30.3 Å². The van der Waals surface area contributed by atoms with Crippen LogP contribution in [0.1, 0.15) is 44.1 Å². The molecule has 3 rings (SSSR count). The normalized spacial score (nSPS) is 21.5. The van der Waals surface area contributed by atoms with Gasteiger partial charge in [-0.25, -0.2) is 0 Å². The van der Waals surface area contributed by atoms with Gasteiger partial charge in [-0.05, 0) is 56.2 Å². The first-order valence-electron chi connectivity index (χ1n) is 8.83. The molecule has 1 N–H and O–H groups in total. The zero-order chi connectivity index (χ0) is 15.2. The Hall–Kier alpha value is -1.35. The number of nitrogens with one attached hydrogen (secondary N) is 1. The average Bonchev–Trinajstić information content (AvgIpc) is 3.01. The van der Waals surface area contributed by atoms with Crippen molar-refractivity contribution < 1.29 is 4.79 Å². The largest absolute Gasteiger partial charge is 0.338 e. The van der Waals surface area contributed by atoms with Crippen molar-refractivity contribution in [3.05, 3.63) is 35.9 Å². The van der Waals surface area contributed by atoms with Gasteiger partial charge in [0, 0.05) is 19.5 Å². The van der Waals surface area contributed by atoms with Gasteiger partial charge in [0.1, 0.15) is 0 Å². The Kier molecular flexibility index (Phi) is 5.49. The first kappa shape index (κ1) is 15.5. The van der Waals surface area contributed by atoms with E-state index in [9.17, 15) is 4.79 Å². The van der Waals surface area contributed by atoms with E-state index in [1.165, 1.54) is 31.2 Å². The van der Waals surface area contributed by atoms with Gasteiger partial charge in [-0.15, -0.1) is 0 Å². The third-order valence-corrected chi connectivity index (χ3v) is 5.20. The summed E-state index contributed by atoms with van der Waals surface area (Å²) in [5.41, 5.74) is 1.25. The summed E-state index contributed by atoms with van der Waals surface area (Å²) in [5, 5.41) is 3.39. The highest BCUT2D eigenvalue weighted by atomic mass is 16.2. The van der Waals surface area contributed by atoms with Crippen LogP contribution in [-0.2, 0) is 11.3 Å². The fraction of sp³-hybridized carbons (Fsp3) is 0.632. The van der Waals surface area contributed by atoms with Crippen molar-refractivity contribution in [2.45, 2.75) is 45.1 Å². The number of amides is 1. The predicted molar refractivity (Wildman–Crippen MR) is 89.4 cm³/mol. The Morgan fingerprint density at radius 1 is 1.14 bits per heavy atom. The molecule has 1 heterocycles. The van der Waals surface area contributed by atoms with Crippen molar-refractivity contribution in [2.24, 2.45) is 11.8 Å². The topological polar surface area (TPSA) is 32.3 Å². The van der Waals surface area contributed by atoms with Crippen LogP contribution in [0.25, 0.3) is 0 Å². The summed E-state index contributed by atoms with van der Waals surface area (Å²) in [6.45, 7) is 3.94. The average molecular weight is 300 g/mol. The molecule has 1 aromatic rings. The molecule has 3 heteroatoms. The quantitative estimate of drug-likeness (QED) is 0.838. The minimum atomic E-state index is 0.350. The molecular formula is C19H28N2O. The monoisotopic (exact) mass is 300 g/mol. The van der Waals surface area contributed by atoms with Crippen molar-refractivity contribution in [1.82, 2.24) is 10.2 Å². The molecule has 0 bridgehead atoms. The number of rotatable bonds is 7. The van der Waals surface area contributed by atoms with Crippen LogP contribution in [0.4, 0.5) is 0 Å².